The molecule has 11 heavy (non-hydrogen) atoms. The van der Waals surface area contributed by atoms with Gasteiger partial charge in [-0.1, -0.05) is 23.7 Å². The molecule has 3 heteroatoms. The van der Waals surface area contributed by atoms with Gasteiger partial charge in [-0.2, -0.15) is 0 Å². The lowest BCUT2D eigenvalue weighted by molar-refractivity contribution is 0.0904. The minimum absolute atomic E-state index is 0.351. The maximum atomic E-state index is 10.9. The predicted octanol–water partition coefficient (Wildman–Crippen LogP) is 1.51. The van der Waals surface area contributed by atoms with E-state index in [1.165, 1.54) is 0 Å². The van der Waals surface area contributed by atoms with Gasteiger partial charge in [-0.3, -0.25) is 4.79 Å². The molecule has 0 bridgehead atoms. The van der Waals surface area contributed by atoms with E-state index >= 15 is 0 Å². The molecular formula is C8H7ClO2. The van der Waals surface area contributed by atoms with E-state index in [1.54, 1.807) is 24.3 Å². The quantitative estimate of drug-likeness (QED) is 0.684. The first-order valence-corrected chi connectivity index (χ1v) is 3.52. The maximum absolute atomic E-state index is 10.9. The van der Waals surface area contributed by atoms with Crippen LogP contribution in [0, 0.1) is 0 Å². The van der Waals surface area contributed by atoms with Gasteiger partial charge < -0.3 is 5.11 Å². The van der Waals surface area contributed by atoms with Gasteiger partial charge in [0.1, 0.15) is 6.61 Å². The second-order valence-electron chi connectivity index (χ2n) is 2.06. The smallest absolute Gasteiger partial charge is 0.189 e. The minimum atomic E-state index is -0.496. The van der Waals surface area contributed by atoms with E-state index in [4.69, 9.17) is 16.7 Å². The van der Waals surface area contributed by atoms with Crippen LogP contribution in [-0.4, -0.2) is 17.5 Å². The maximum Gasteiger partial charge on any atom is 0.189 e. The lowest BCUT2D eigenvalue weighted by Crippen LogP contribution is -2.04. The molecule has 0 saturated carbocycles. The normalized spacial score (nSPS) is 9.64. The van der Waals surface area contributed by atoms with Gasteiger partial charge in [0.05, 0.1) is 5.02 Å². The van der Waals surface area contributed by atoms with Crippen LogP contribution in [0.2, 0.25) is 5.02 Å². The highest BCUT2D eigenvalue weighted by Gasteiger charge is 2.06. The molecule has 0 aliphatic carbocycles. The van der Waals surface area contributed by atoms with Gasteiger partial charge in [-0.25, -0.2) is 0 Å². The molecule has 0 aliphatic rings. The highest BCUT2D eigenvalue weighted by atomic mass is 35.5. The van der Waals surface area contributed by atoms with E-state index in [1.807, 2.05) is 0 Å². The molecule has 0 atom stereocenters. The Morgan fingerprint density at radius 2 is 2.09 bits per heavy atom. The molecule has 1 aromatic carbocycles. The van der Waals surface area contributed by atoms with E-state index in [0.717, 1.165) is 0 Å². The number of carbonyl (C=O) groups is 1. The van der Waals surface area contributed by atoms with Crippen molar-refractivity contribution in [3.05, 3.63) is 34.9 Å². The molecular weight excluding hydrogens is 164 g/mol. The lowest BCUT2D eigenvalue weighted by Gasteiger charge is -1.98. The molecule has 0 saturated heterocycles. The number of hydrogen-bond donors (Lipinski definition) is 1. The summed E-state index contributed by atoms with van der Waals surface area (Å²) >= 11 is 5.67. The van der Waals surface area contributed by atoms with Crippen LogP contribution < -0.4 is 0 Å². The third-order valence-corrected chi connectivity index (χ3v) is 1.65. The van der Waals surface area contributed by atoms with Crippen molar-refractivity contribution in [3.63, 3.8) is 0 Å². The Balaban J connectivity index is 3.03. The van der Waals surface area contributed by atoms with Crippen LogP contribution in [0.1, 0.15) is 10.4 Å². The first-order chi connectivity index (χ1) is 5.25. The topological polar surface area (TPSA) is 37.3 Å². The van der Waals surface area contributed by atoms with Crippen LogP contribution in [0.3, 0.4) is 0 Å². The van der Waals surface area contributed by atoms with E-state index in [-0.39, 0.29) is 5.78 Å². The standard InChI is InChI=1S/C8H7ClO2/c9-7-4-2-1-3-6(7)8(11)5-10/h1-4,10H,5H2. The van der Waals surface area contributed by atoms with Crippen molar-refractivity contribution in [3.8, 4) is 0 Å². The van der Waals surface area contributed by atoms with E-state index < -0.39 is 6.61 Å². The molecule has 0 fully saturated rings. The third kappa shape index (κ3) is 1.79. The number of hydrogen-bond acceptors (Lipinski definition) is 2. The fourth-order valence-electron chi connectivity index (χ4n) is 0.773. The summed E-state index contributed by atoms with van der Waals surface area (Å²) < 4.78 is 0. The summed E-state index contributed by atoms with van der Waals surface area (Å²) in [5, 5.41) is 8.89. The summed E-state index contributed by atoms with van der Waals surface area (Å²) in [7, 11) is 0. The zero-order valence-corrected chi connectivity index (χ0v) is 6.51. The molecule has 0 heterocycles. The summed E-state index contributed by atoms with van der Waals surface area (Å²) in [4.78, 5) is 10.9. The van der Waals surface area contributed by atoms with Gasteiger partial charge in [0.25, 0.3) is 0 Å². The average Bonchev–Trinajstić information content (AvgIpc) is 2.04. The number of ketones is 1. The van der Waals surface area contributed by atoms with Gasteiger partial charge in [-0.05, 0) is 12.1 Å². The van der Waals surface area contributed by atoms with Gasteiger partial charge in [0, 0.05) is 5.56 Å². The Labute approximate surface area is 69.4 Å². The molecule has 58 valence electrons. The molecule has 2 nitrogen and oxygen atoms in total. The Bertz CT molecular complexity index is 271. The number of carbonyl (C=O) groups excluding carboxylic acids is 1. The summed E-state index contributed by atoms with van der Waals surface area (Å²) in [6, 6.07) is 6.64. The number of Topliss-reactive ketones (excluding diaryl/α,β-unsaturated/α-hetero) is 1. The first kappa shape index (κ1) is 8.24. The molecule has 1 aromatic rings. The molecule has 0 aromatic heterocycles. The summed E-state index contributed by atoms with van der Waals surface area (Å²) in [6.07, 6.45) is 0. The number of aliphatic hydroxyl groups is 1. The monoisotopic (exact) mass is 170 g/mol. The van der Waals surface area contributed by atoms with Crippen molar-refractivity contribution in [2.75, 3.05) is 6.61 Å². The van der Waals surface area contributed by atoms with Gasteiger partial charge in [0.2, 0.25) is 0 Å². The zero-order chi connectivity index (χ0) is 8.27. The van der Waals surface area contributed by atoms with Crippen molar-refractivity contribution in [1.29, 1.82) is 0 Å². The van der Waals surface area contributed by atoms with Crippen molar-refractivity contribution in [2.45, 2.75) is 0 Å². The third-order valence-electron chi connectivity index (χ3n) is 1.32. The molecule has 0 radical (unpaired) electrons. The lowest BCUT2D eigenvalue weighted by atomic mass is 10.1. The number of rotatable bonds is 2. The summed E-state index contributed by atoms with van der Waals surface area (Å²) in [5.41, 5.74) is 0.372. The van der Waals surface area contributed by atoms with Crippen molar-refractivity contribution in [2.24, 2.45) is 0 Å². The van der Waals surface area contributed by atoms with Crippen LogP contribution in [0.25, 0.3) is 0 Å². The van der Waals surface area contributed by atoms with Crippen molar-refractivity contribution >= 4 is 17.4 Å². The Morgan fingerprint density at radius 3 is 2.64 bits per heavy atom. The highest BCUT2D eigenvalue weighted by Crippen LogP contribution is 2.14. The van der Waals surface area contributed by atoms with Crippen LogP contribution in [0.4, 0.5) is 0 Å². The molecule has 0 amide bonds. The van der Waals surface area contributed by atoms with Gasteiger partial charge in [0.15, 0.2) is 5.78 Å². The van der Waals surface area contributed by atoms with Crippen LogP contribution in [-0.2, 0) is 0 Å². The van der Waals surface area contributed by atoms with Crippen LogP contribution in [0.15, 0.2) is 24.3 Å². The van der Waals surface area contributed by atoms with Crippen LogP contribution >= 0.6 is 11.6 Å². The van der Waals surface area contributed by atoms with Crippen LogP contribution in [0.5, 0.6) is 0 Å². The van der Waals surface area contributed by atoms with E-state index in [0.29, 0.717) is 10.6 Å². The summed E-state index contributed by atoms with van der Waals surface area (Å²) in [6.45, 7) is -0.496. The van der Waals surface area contributed by atoms with Gasteiger partial charge >= 0.3 is 0 Å². The second-order valence-corrected chi connectivity index (χ2v) is 2.47. The van der Waals surface area contributed by atoms with Crippen molar-refractivity contribution in [1.82, 2.24) is 0 Å². The first-order valence-electron chi connectivity index (χ1n) is 3.14. The highest BCUT2D eigenvalue weighted by molar-refractivity contribution is 6.34. The summed E-state index contributed by atoms with van der Waals surface area (Å²) in [5.74, 6) is -0.351. The minimum Gasteiger partial charge on any atom is -0.388 e. The van der Waals surface area contributed by atoms with E-state index in [2.05, 4.69) is 0 Å². The SMILES string of the molecule is O=C(CO)c1ccccc1Cl. The molecule has 0 aliphatic heterocycles. The molecule has 0 spiro atoms. The Kier molecular flexibility index (Phi) is 2.63. The largest absolute Gasteiger partial charge is 0.388 e. The molecule has 1 rings (SSSR count). The Morgan fingerprint density at radius 1 is 1.45 bits per heavy atom. The fraction of sp³-hybridized carbons (Fsp3) is 0.125. The molecule has 1 N–H and O–H groups in total. The zero-order valence-electron chi connectivity index (χ0n) is 5.75. The number of halogens is 1. The van der Waals surface area contributed by atoms with Crippen molar-refractivity contribution < 1.29 is 9.90 Å². The van der Waals surface area contributed by atoms with Gasteiger partial charge in [-0.15, -0.1) is 0 Å². The number of benzene rings is 1. The van der Waals surface area contributed by atoms with E-state index in [9.17, 15) is 4.79 Å². The number of aliphatic hydroxyl groups excluding tert-OH is 1. The molecule has 0 unspecified atom stereocenters. The average molecular weight is 171 g/mol. The predicted molar refractivity (Wildman–Crippen MR) is 42.9 cm³/mol. The fourth-order valence-corrected chi connectivity index (χ4v) is 1.01. The Hall–Kier alpha value is -0.860. The second kappa shape index (κ2) is 3.51.